The zero-order valence-corrected chi connectivity index (χ0v) is 14.8. The molecule has 1 heterocycles. The van der Waals surface area contributed by atoms with Gasteiger partial charge < -0.3 is 19.7 Å². The largest absolute Gasteiger partial charge is 0.492 e. The molecule has 0 aromatic heterocycles. The van der Waals surface area contributed by atoms with Gasteiger partial charge >= 0.3 is 0 Å². The summed E-state index contributed by atoms with van der Waals surface area (Å²) in [6.45, 7) is 8.06. The normalized spacial score (nSPS) is 15.3. The first-order valence-electron chi connectivity index (χ1n) is 8.69. The molecule has 0 spiro atoms. The van der Waals surface area contributed by atoms with Crippen LogP contribution in [0.25, 0.3) is 0 Å². The zero-order valence-electron chi connectivity index (χ0n) is 14.8. The van der Waals surface area contributed by atoms with Crippen molar-refractivity contribution in [2.24, 2.45) is 0 Å². The standard InChI is InChI=1S/C18H29N3O3/c1-3-24-17-8-5-4-7-16(17)21-12-10-20(11-13-21)15-18(22)19-9-6-14-23-2/h4-5,7-8H,3,6,9-15H2,1-2H3,(H,19,22). The SMILES string of the molecule is CCOc1ccccc1N1CCN(CC(=O)NCCCOC)CC1. The van der Waals surface area contributed by atoms with E-state index in [1.807, 2.05) is 25.1 Å². The summed E-state index contributed by atoms with van der Waals surface area (Å²) in [4.78, 5) is 16.5. The minimum atomic E-state index is 0.0919. The number of amides is 1. The number of carbonyl (C=O) groups excluding carboxylic acids is 1. The average Bonchev–Trinajstić information content (AvgIpc) is 2.60. The van der Waals surface area contributed by atoms with Crippen LogP contribution in [-0.2, 0) is 9.53 Å². The van der Waals surface area contributed by atoms with Crippen LogP contribution >= 0.6 is 0 Å². The van der Waals surface area contributed by atoms with Gasteiger partial charge in [-0.05, 0) is 25.5 Å². The number of nitrogens with one attached hydrogen (secondary N) is 1. The molecule has 0 saturated carbocycles. The number of rotatable bonds is 9. The number of benzene rings is 1. The van der Waals surface area contributed by atoms with Crippen molar-refractivity contribution in [2.75, 3.05) is 64.5 Å². The van der Waals surface area contributed by atoms with Gasteiger partial charge in [-0.15, -0.1) is 0 Å². The van der Waals surface area contributed by atoms with Crippen LogP contribution in [0.4, 0.5) is 5.69 Å². The summed E-state index contributed by atoms with van der Waals surface area (Å²) in [6.07, 6.45) is 0.851. The van der Waals surface area contributed by atoms with E-state index in [9.17, 15) is 4.79 Å². The number of methoxy groups -OCH3 is 1. The van der Waals surface area contributed by atoms with Gasteiger partial charge in [-0.25, -0.2) is 0 Å². The van der Waals surface area contributed by atoms with E-state index in [0.29, 0.717) is 26.3 Å². The van der Waals surface area contributed by atoms with E-state index in [4.69, 9.17) is 9.47 Å². The number of nitrogens with zero attached hydrogens (tertiary/aromatic N) is 2. The number of anilines is 1. The van der Waals surface area contributed by atoms with E-state index >= 15 is 0 Å². The van der Waals surface area contributed by atoms with Crippen LogP contribution < -0.4 is 15.0 Å². The molecule has 1 N–H and O–H groups in total. The van der Waals surface area contributed by atoms with Crippen molar-refractivity contribution in [1.82, 2.24) is 10.2 Å². The quantitative estimate of drug-likeness (QED) is 0.691. The van der Waals surface area contributed by atoms with Crippen LogP contribution in [0.3, 0.4) is 0 Å². The molecule has 1 aromatic rings. The Balaban J connectivity index is 1.76. The number of hydrogen-bond donors (Lipinski definition) is 1. The molecule has 2 rings (SSSR count). The van der Waals surface area contributed by atoms with Gasteiger partial charge in [0.15, 0.2) is 0 Å². The monoisotopic (exact) mass is 335 g/mol. The Morgan fingerprint density at radius 3 is 2.67 bits per heavy atom. The molecule has 1 aromatic carbocycles. The van der Waals surface area contributed by atoms with E-state index in [1.165, 1.54) is 0 Å². The van der Waals surface area contributed by atoms with Crippen molar-refractivity contribution in [2.45, 2.75) is 13.3 Å². The van der Waals surface area contributed by atoms with Crippen molar-refractivity contribution < 1.29 is 14.3 Å². The highest BCUT2D eigenvalue weighted by molar-refractivity contribution is 5.78. The fourth-order valence-electron chi connectivity index (χ4n) is 2.85. The summed E-state index contributed by atoms with van der Waals surface area (Å²) in [7, 11) is 1.67. The third kappa shape index (κ3) is 5.69. The van der Waals surface area contributed by atoms with E-state index in [1.54, 1.807) is 7.11 Å². The van der Waals surface area contributed by atoms with Crippen molar-refractivity contribution >= 4 is 11.6 Å². The lowest BCUT2D eigenvalue weighted by atomic mass is 10.2. The minimum Gasteiger partial charge on any atom is -0.492 e. The van der Waals surface area contributed by atoms with Crippen molar-refractivity contribution in [3.63, 3.8) is 0 Å². The second kappa shape index (κ2) is 10.2. The van der Waals surface area contributed by atoms with Crippen LogP contribution in [0.1, 0.15) is 13.3 Å². The molecule has 6 heteroatoms. The summed E-state index contributed by atoms with van der Waals surface area (Å²) >= 11 is 0. The molecule has 134 valence electrons. The van der Waals surface area contributed by atoms with E-state index in [2.05, 4.69) is 21.2 Å². The van der Waals surface area contributed by atoms with Crippen molar-refractivity contribution in [3.8, 4) is 5.75 Å². The maximum Gasteiger partial charge on any atom is 0.234 e. The van der Waals surface area contributed by atoms with Gasteiger partial charge in [-0.2, -0.15) is 0 Å². The fraction of sp³-hybridized carbons (Fsp3) is 0.611. The van der Waals surface area contributed by atoms with Crippen molar-refractivity contribution in [3.05, 3.63) is 24.3 Å². The lowest BCUT2D eigenvalue weighted by Crippen LogP contribution is -2.49. The molecular weight excluding hydrogens is 306 g/mol. The number of hydrogen-bond acceptors (Lipinski definition) is 5. The highest BCUT2D eigenvalue weighted by Gasteiger charge is 2.20. The summed E-state index contributed by atoms with van der Waals surface area (Å²) in [5, 5.41) is 2.94. The molecule has 1 aliphatic heterocycles. The molecule has 6 nitrogen and oxygen atoms in total. The number of piperazine rings is 1. The molecule has 0 radical (unpaired) electrons. The molecule has 0 bridgehead atoms. The third-order valence-electron chi connectivity index (χ3n) is 4.09. The van der Waals surface area contributed by atoms with E-state index in [0.717, 1.165) is 44.0 Å². The lowest BCUT2D eigenvalue weighted by molar-refractivity contribution is -0.122. The van der Waals surface area contributed by atoms with Gasteiger partial charge in [0.25, 0.3) is 0 Å². The number of ether oxygens (including phenoxy) is 2. The molecule has 1 saturated heterocycles. The topological polar surface area (TPSA) is 54.0 Å². The van der Waals surface area contributed by atoms with Gasteiger partial charge in [0, 0.05) is 46.4 Å². The zero-order chi connectivity index (χ0) is 17.2. The molecular formula is C18H29N3O3. The Morgan fingerprint density at radius 1 is 1.21 bits per heavy atom. The molecule has 1 aliphatic rings. The van der Waals surface area contributed by atoms with Gasteiger partial charge in [0.1, 0.15) is 5.75 Å². The first-order chi connectivity index (χ1) is 11.7. The summed E-state index contributed by atoms with van der Waals surface area (Å²) in [5.41, 5.74) is 1.14. The second-order valence-electron chi connectivity index (χ2n) is 5.86. The van der Waals surface area contributed by atoms with Gasteiger partial charge in [0.2, 0.25) is 5.91 Å². The summed E-state index contributed by atoms with van der Waals surface area (Å²) < 4.78 is 10.7. The first-order valence-corrected chi connectivity index (χ1v) is 8.69. The Morgan fingerprint density at radius 2 is 1.96 bits per heavy atom. The highest BCUT2D eigenvalue weighted by Crippen LogP contribution is 2.28. The third-order valence-corrected chi connectivity index (χ3v) is 4.09. The maximum atomic E-state index is 11.9. The Kier molecular flexibility index (Phi) is 7.85. The summed E-state index contributed by atoms with van der Waals surface area (Å²) in [5.74, 6) is 1.03. The number of para-hydroxylation sites is 2. The lowest BCUT2D eigenvalue weighted by Gasteiger charge is -2.36. The van der Waals surface area contributed by atoms with Gasteiger partial charge in [0.05, 0.1) is 18.8 Å². The predicted octanol–water partition coefficient (Wildman–Crippen LogP) is 1.36. The number of carbonyl (C=O) groups is 1. The van der Waals surface area contributed by atoms with Crippen LogP contribution in [0.5, 0.6) is 5.75 Å². The Labute approximate surface area is 144 Å². The molecule has 1 amide bonds. The molecule has 24 heavy (non-hydrogen) atoms. The molecule has 0 atom stereocenters. The van der Waals surface area contributed by atoms with Crippen molar-refractivity contribution in [1.29, 1.82) is 0 Å². The van der Waals surface area contributed by atoms with Gasteiger partial charge in [-0.3, -0.25) is 9.69 Å². The van der Waals surface area contributed by atoms with Crippen LogP contribution in [-0.4, -0.2) is 70.4 Å². The second-order valence-corrected chi connectivity index (χ2v) is 5.86. The van der Waals surface area contributed by atoms with Crippen LogP contribution in [0.15, 0.2) is 24.3 Å². The van der Waals surface area contributed by atoms with E-state index in [-0.39, 0.29) is 5.91 Å². The summed E-state index contributed by atoms with van der Waals surface area (Å²) in [6, 6.07) is 8.15. The molecule has 0 aliphatic carbocycles. The Hall–Kier alpha value is -1.79. The maximum absolute atomic E-state index is 11.9. The minimum absolute atomic E-state index is 0.0919. The van der Waals surface area contributed by atoms with Gasteiger partial charge in [-0.1, -0.05) is 12.1 Å². The van der Waals surface area contributed by atoms with Crippen LogP contribution in [0, 0.1) is 0 Å². The Bertz CT molecular complexity index is 502. The van der Waals surface area contributed by atoms with E-state index < -0.39 is 0 Å². The predicted molar refractivity (Wildman–Crippen MR) is 95.8 cm³/mol. The average molecular weight is 335 g/mol. The highest BCUT2D eigenvalue weighted by atomic mass is 16.5. The molecule has 0 unspecified atom stereocenters. The van der Waals surface area contributed by atoms with Crippen LogP contribution in [0.2, 0.25) is 0 Å². The molecule has 1 fully saturated rings. The smallest absolute Gasteiger partial charge is 0.234 e. The first kappa shape index (κ1) is 18.5. The fourth-order valence-corrected chi connectivity index (χ4v) is 2.85.